The molecule has 2 aliphatic heterocycles. The average Bonchev–Trinajstić information content (AvgIpc) is 3.47. The molecule has 0 saturated heterocycles. The number of benzene rings is 1. The predicted octanol–water partition coefficient (Wildman–Crippen LogP) is 7.72. The number of hydroxylamine groups is 2. The van der Waals surface area contributed by atoms with Gasteiger partial charge in [0, 0.05) is 38.8 Å². The number of allylic oxidation sites excluding steroid dienone is 2. The molecule has 0 radical (unpaired) electrons. The van der Waals surface area contributed by atoms with Crippen molar-refractivity contribution in [2.45, 2.75) is 78.6 Å². The third-order valence-electron chi connectivity index (χ3n) is 6.95. The average molecular weight is 536 g/mol. The highest BCUT2D eigenvalue weighted by Crippen LogP contribution is 2.33. The molecule has 2 aliphatic rings. The van der Waals surface area contributed by atoms with Crippen LogP contribution in [0.25, 0.3) is 0 Å². The maximum Gasteiger partial charge on any atom is 0.122 e. The summed E-state index contributed by atoms with van der Waals surface area (Å²) in [6.45, 7) is 11.6. The number of nitrogens with zero attached hydrogens (tertiary/aromatic N) is 3. The lowest BCUT2D eigenvalue weighted by atomic mass is 9.85. The van der Waals surface area contributed by atoms with Crippen LogP contribution in [-0.4, -0.2) is 43.1 Å². The molecule has 1 aromatic heterocycles. The number of pyridine rings is 1. The predicted molar refractivity (Wildman–Crippen MR) is 162 cm³/mol. The van der Waals surface area contributed by atoms with Gasteiger partial charge < -0.3 is 19.3 Å². The van der Waals surface area contributed by atoms with Crippen LogP contribution < -0.4 is 9.64 Å². The van der Waals surface area contributed by atoms with Gasteiger partial charge in [-0.2, -0.15) is 0 Å². The second kappa shape index (κ2) is 18.9. The van der Waals surface area contributed by atoms with Gasteiger partial charge in [0.05, 0.1) is 25.0 Å². The summed E-state index contributed by atoms with van der Waals surface area (Å²) < 4.78 is 5.62. The van der Waals surface area contributed by atoms with Gasteiger partial charge in [-0.1, -0.05) is 46.2 Å². The van der Waals surface area contributed by atoms with E-state index in [1.807, 2.05) is 42.6 Å². The molecular weight excluding hydrogens is 486 g/mol. The lowest BCUT2D eigenvalue weighted by molar-refractivity contribution is -0.107. The second-order valence-corrected chi connectivity index (χ2v) is 10.2. The molecule has 0 N–H and O–H groups in total. The number of fused-ring (bicyclic) bond motifs is 1. The fraction of sp³-hybridized carbons (Fsp3) is 0.515. The summed E-state index contributed by atoms with van der Waals surface area (Å²) in [4.78, 5) is 20.9. The number of carbonyl (C=O) groups excluding carboxylic acids is 1. The van der Waals surface area contributed by atoms with E-state index in [-0.39, 0.29) is 0 Å². The first-order valence-corrected chi connectivity index (χ1v) is 14.6. The molecule has 2 atom stereocenters. The van der Waals surface area contributed by atoms with E-state index in [1.54, 1.807) is 12.5 Å². The van der Waals surface area contributed by atoms with E-state index in [1.165, 1.54) is 42.5 Å². The van der Waals surface area contributed by atoms with Gasteiger partial charge in [-0.3, -0.25) is 4.98 Å². The molecule has 6 heteroatoms. The third-order valence-corrected chi connectivity index (χ3v) is 6.95. The summed E-state index contributed by atoms with van der Waals surface area (Å²) in [5, 5.41) is 1.91. The Balaban J connectivity index is 0.000000279. The Hall–Kier alpha value is -3.28. The Labute approximate surface area is 236 Å². The minimum atomic E-state index is 0.633. The van der Waals surface area contributed by atoms with Crippen molar-refractivity contribution in [3.63, 3.8) is 0 Å². The topological polar surface area (TPSA) is 54.9 Å². The van der Waals surface area contributed by atoms with Crippen LogP contribution in [0.5, 0.6) is 5.75 Å². The van der Waals surface area contributed by atoms with Gasteiger partial charge in [-0.15, -0.1) is 0 Å². The monoisotopic (exact) mass is 535 g/mol. The standard InChI is InChI=1S/C20H27NO2.C10H16N2.C3H6O/c1-3-17(18-6-7-20-19(15-18)9-13-22-20)14-16(2)8-11-21-10-4-5-12-23-21;1-3-4-8-12(2)10-6-5-7-11-9-10;1-2-3-4/h4-7,10,12,15-17H,3,8-9,11,13-14H2,1-2H3;5-7,9H,3-4,8H2,1-2H3;3H,2H2,1H3. The van der Waals surface area contributed by atoms with Crippen LogP contribution >= 0.6 is 0 Å². The van der Waals surface area contributed by atoms with E-state index < -0.39 is 0 Å². The molecule has 214 valence electrons. The maximum atomic E-state index is 9.17. The number of anilines is 1. The molecule has 4 rings (SSSR count). The molecule has 0 spiro atoms. The lowest BCUT2D eigenvalue weighted by Crippen LogP contribution is -2.20. The largest absolute Gasteiger partial charge is 0.493 e. The molecule has 39 heavy (non-hydrogen) atoms. The molecule has 2 aromatic rings. The summed E-state index contributed by atoms with van der Waals surface area (Å²) in [6.07, 6.45) is 19.9. The Morgan fingerprint density at radius 1 is 1.18 bits per heavy atom. The van der Waals surface area contributed by atoms with Crippen molar-refractivity contribution in [3.05, 3.63) is 78.5 Å². The van der Waals surface area contributed by atoms with E-state index in [0.717, 1.165) is 44.6 Å². The second-order valence-electron chi connectivity index (χ2n) is 10.2. The highest BCUT2D eigenvalue weighted by molar-refractivity contribution is 5.48. The molecule has 6 nitrogen and oxygen atoms in total. The fourth-order valence-electron chi connectivity index (χ4n) is 4.52. The number of ether oxygens (including phenoxy) is 1. The molecular formula is C33H49N3O3. The van der Waals surface area contributed by atoms with Crippen LogP contribution in [0.4, 0.5) is 5.69 Å². The number of hydrogen-bond acceptors (Lipinski definition) is 6. The fourth-order valence-corrected chi connectivity index (χ4v) is 4.52. The van der Waals surface area contributed by atoms with Gasteiger partial charge >= 0.3 is 0 Å². The lowest BCUT2D eigenvalue weighted by Gasteiger charge is -2.24. The number of rotatable bonds is 12. The summed E-state index contributed by atoms with van der Waals surface area (Å²) in [6, 6.07) is 10.8. The minimum absolute atomic E-state index is 0.633. The number of unbranched alkanes of at least 4 members (excludes halogenated alkanes) is 1. The van der Waals surface area contributed by atoms with Crippen molar-refractivity contribution < 1.29 is 14.4 Å². The molecule has 0 bridgehead atoms. The van der Waals surface area contributed by atoms with Gasteiger partial charge in [0.2, 0.25) is 0 Å². The molecule has 3 heterocycles. The first-order chi connectivity index (χ1) is 19.0. The Morgan fingerprint density at radius 3 is 2.64 bits per heavy atom. The Kier molecular flexibility index (Phi) is 15.5. The maximum absolute atomic E-state index is 9.17. The summed E-state index contributed by atoms with van der Waals surface area (Å²) in [5.41, 5.74) is 4.05. The Bertz CT molecular complexity index is 993. The van der Waals surface area contributed by atoms with Gasteiger partial charge in [0.25, 0.3) is 0 Å². The molecule has 0 saturated carbocycles. The van der Waals surface area contributed by atoms with Gasteiger partial charge in [0.1, 0.15) is 18.3 Å². The van der Waals surface area contributed by atoms with Crippen LogP contribution in [0.2, 0.25) is 0 Å². The van der Waals surface area contributed by atoms with Gasteiger partial charge in [-0.05, 0) is 79.0 Å². The number of aromatic nitrogens is 1. The van der Waals surface area contributed by atoms with Gasteiger partial charge in [0.15, 0.2) is 0 Å². The summed E-state index contributed by atoms with van der Waals surface area (Å²) in [5.74, 6) is 2.39. The van der Waals surface area contributed by atoms with E-state index in [2.05, 4.69) is 62.0 Å². The number of aldehydes is 1. The van der Waals surface area contributed by atoms with Crippen LogP contribution in [-0.2, 0) is 16.1 Å². The third kappa shape index (κ3) is 12.0. The van der Waals surface area contributed by atoms with Crippen molar-refractivity contribution in [3.8, 4) is 5.75 Å². The van der Waals surface area contributed by atoms with E-state index in [4.69, 9.17) is 9.57 Å². The van der Waals surface area contributed by atoms with Crippen molar-refractivity contribution in [2.24, 2.45) is 5.92 Å². The molecule has 1 aromatic carbocycles. The molecule has 0 aliphatic carbocycles. The molecule has 0 amide bonds. The molecule has 0 fully saturated rings. The summed E-state index contributed by atoms with van der Waals surface area (Å²) >= 11 is 0. The van der Waals surface area contributed by atoms with Gasteiger partial charge in [-0.25, -0.2) is 5.06 Å². The number of hydrogen-bond donors (Lipinski definition) is 0. The van der Waals surface area contributed by atoms with E-state index in [0.29, 0.717) is 18.3 Å². The van der Waals surface area contributed by atoms with E-state index in [9.17, 15) is 4.79 Å². The highest BCUT2D eigenvalue weighted by Gasteiger charge is 2.18. The van der Waals surface area contributed by atoms with Crippen molar-refractivity contribution in [2.75, 3.05) is 31.6 Å². The number of carbonyl (C=O) groups is 1. The van der Waals surface area contributed by atoms with Crippen LogP contribution in [0, 0.1) is 5.92 Å². The van der Waals surface area contributed by atoms with Crippen molar-refractivity contribution in [1.82, 2.24) is 10.0 Å². The zero-order valence-electron chi connectivity index (χ0n) is 24.7. The van der Waals surface area contributed by atoms with Crippen LogP contribution in [0.3, 0.4) is 0 Å². The zero-order chi connectivity index (χ0) is 28.3. The van der Waals surface area contributed by atoms with Crippen molar-refractivity contribution >= 4 is 12.0 Å². The summed E-state index contributed by atoms with van der Waals surface area (Å²) in [7, 11) is 2.10. The highest BCUT2D eigenvalue weighted by atomic mass is 16.7. The first-order valence-electron chi connectivity index (χ1n) is 14.6. The first kappa shape index (κ1) is 31.9. The minimum Gasteiger partial charge on any atom is -0.493 e. The Morgan fingerprint density at radius 2 is 2.00 bits per heavy atom. The van der Waals surface area contributed by atoms with Crippen molar-refractivity contribution in [1.29, 1.82) is 0 Å². The zero-order valence-corrected chi connectivity index (χ0v) is 24.7. The van der Waals surface area contributed by atoms with E-state index >= 15 is 0 Å². The molecule has 2 unspecified atom stereocenters. The quantitative estimate of drug-likeness (QED) is 0.259. The SMILES string of the molecule is CCC(CC(C)CCN1C=CC=CO1)c1ccc2c(c1)CCO2.CCC=O.CCCCN(C)c1cccnc1. The normalized spacial score (nSPS) is 14.4. The smallest absolute Gasteiger partial charge is 0.122 e. The van der Waals surface area contributed by atoms with Crippen LogP contribution in [0.1, 0.15) is 83.3 Å². The van der Waals surface area contributed by atoms with Crippen LogP contribution in [0.15, 0.2) is 67.3 Å².